The fourth-order valence-corrected chi connectivity index (χ4v) is 4.52. The molecule has 0 unspecified atom stereocenters. The third-order valence-electron chi connectivity index (χ3n) is 3.21. The van der Waals surface area contributed by atoms with Crippen LogP contribution in [0.4, 0.5) is 0 Å². The van der Waals surface area contributed by atoms with Gasteiger partial charge in [0.2, 0.25) is 0 Å². The second-order valence-corrected chi connectivity index (χ2v) is 7.15. The molecule has 2 rings (SSSR count). The number of aryl methyl sites for hydroxylation is 1. The normalized spacial score (nSPS) is 11.7. The summed E-state index contributed by atoms with van der Waals surface area (Å²) in [5.74, 6) is 0. The molecular formula is C15H17Br2NS. The lowest BCUT2D eigenvalue weighted by Gasteiger charge is -2.29. The van der Waals surface area contributed by atoms with Crippen LogP contribution in [0.15, 0.2) is 35.7 Å². The van der Waals surface area contributed by atoms with Crippen molar-refractivity contribution in [2.75, 3.05) is 10.7 Å². The molecule has 0 aliphatic heterocycles. The minimum absolute atomic E-state index is 0.182. The Morgan fingerprint density at radius 1 is 1.11 bits per heavy atom. The predicted octanol–water partition coefficient (Wildman–Crippen LogP) is 5.01. The van der Waals surface area contributed by atoms with Crippen molar-refractivity contribution in [2.45, 2.75) is 19.8 Å². The third-order valence-corrected chi connectivity index (χ3v) is 6.41. The molecule has 1 nitrogen and oxygen atoms in total. The van der Waals surface area contributed by atoms with E-state index >= 15 is 0 Å². The van der Waals surface area contributed by atoms with Gasteiger partial charge < -0.3 is 0 Å². The molecule has 4 heteroatoms. The van der Waals surface area contributed by atoms with Crippen LogP contribution >= 0.6 is 43.2 Å². The van der Waals surface area contributed by atoms with Gasteiger partial charge in [0.1, 0.15) is 0 Å². The molecule has 0 spiro atoms. The van der Waals surface area contributed by atoms with Crippen molar-refractivity contribution in [1.82, 2.24) is 4.98 Å². The predicted molar refractivity (Wildman–Crippen MR) is 90.7 cm³/mol. The van der Waals surface area contributed by atoms with E-state index in [1.165, 1.54) is 11.3 Å². The molecule has 0 bridgehead atoms. The fourth-order valence-electron chi connectivity index (χ4n) is 2.19. The average Bonchev–Trinajstić information content (AvgIpc) is 2.84. The molecule has 0 radical (unpaired) electrons. The van der Waals surface area contributed by atoms with Crippen molar-refractivity contribution in [1.29, 1.82) is 0 Å². The summed E-state index contributed by atoms with van der Waals surface area (Å²) in [5.41, 5.74) is 2.77. The number of halogens is 2. The molecule has 2 aromatic rings. The van der Waals surface area contributed by atoms with Crippen LogP contribution in [0.25, 0.3) is 0 Å². The molecule has 0 amide bonds. The summed E-state index contributed by atoms with van der Waals surface area (Å²) < 4.78 is 0. The first kappa shape index (κ1) is 15.2. The van der Waals surface area contributed by atoms with E-state index in [9.17, 15) is 0 Å². The van der Waals surface area contributed by atoms with Gasteiger partial charge in [-0.15, -0.1) is 11.3 Å². The maximum atomic E-state index is 4.61. The van der Waals surface area contributed by atoms with E-state index in [-0.39, 0.29) is 5.41 Å². The van der Waals surface area contributed by atoms with E-state index < -0.39 is 0 Å². The minimum atomic E-state index is 0.182. The van der Waals surface area contributed by atoms with Gasteiger partial charge in [-0.1, -0.05) is 62.2 Å². The first-order chi connectivity index (χ1) is 9.17. The van der Waals surface area contributed by atoms with Gasteiger partial charge in [-0.05, 0) is 30.7 Å². The molecular weight excluding hydrogens is 386 g/mol. The van der Waals surface area contributed by atoms with Gasteiger partial charge in [0.25, 0.3) is 0 Å². The van der Waals surface area contributed by atoms with Gasteiger partial charge in [0.15, 0.2) is 0 Å². The van der Waals surface area contributed by atoms with Crippen molar-refractivity contribution in [3.05, 3.63) is 52.0 Å². The second-order valence-electron chi connectivity index (χ2n) is 4.96. The molecule has 0 atom stereocenters. The lowest BCUT2D eigenvalue weighted by molar-refractivity contribution is 0.382. The molecule has 1 aromatic carbocycles. The van der Waals surface area contributed by atoms with Crippen molar-refractivity contribution < 1.29 is 0 Å². The minimum Gasteiger partial charge on any atom is -0.247 e. The molecule has 0 aliphatic rings. The van der Waals surface area contributed by atoms with E-state index in [1.54, 1.807) is 11.3 Å². The summed E-state index contributed by atoms with van der Waals surface area (Å²) in [6.45, 7) is 2.06. The zero-order chi connectivity index (χ0) is 13.7. The molecule has 0 fully saturated rings. The van der Waals surface area contributed by atoms with Gasteiger partial charge in [0, 0.05) is 16.0 Å². The van der Waals surface area contributed by atoms with E-state index in [0.29, 0.717) is 0 Å². The summed E-state index contributed by atoms with van der Waals surface area (Å²) in [4.78, 5) is 4.61. The van der Waals surface area contributed by atoms with E-state index in [4.69, 9.17) is 0 Å². The highest BCUT2D eigenvalue weighted by molar-refractivity contribution is 9.09. The Kier molecular flexibility index (Phi) is 5.60. The second kappa shape index (κ2) is 7.00. The summed E-state index contributed by atoms with van der Waals surface area (Å²) in [7, 11) is 0. The lowest BCUT2D eigenvalue weighted by Crippen LogP contribution is -2.30. The number of hydrogen-bond acceptors (Lipinski definition) is 2. The van der Waals surface area contributed by atoms with E-state index in [1.807, 2.05) is 0 Å². The van der Waals surface area contributed by atoms with Crippen LogP contribution in [0, 0.1) is 12.3 Å². The first-order valence-corrected chi connectivity index (χ1v) is 9.36. The van der Waals surface area contributed by atoms with Crippen molar-refractivity contribution >= 4 is 43.2 Å². The first-order valence-electron chi connectivity index (χ1n) is 6.24. The summed E-state index contributed by atoms with van der Waals surface area (Å²) in [5, 5.41) is 5.26. The van der Waals surface area contributed by atoms with Gasteiger partial charge in [-0.3, -0.25) is 0 Å². The van der Waals surface area contributed by atoms with Gasteiger partial charge in [0.05, 0.1) is 10.7 Å². The quantitative estimate of drug-likeness (QED) is 0.618. The number of nitrogens with zero attached hydrogens (tertiary/aromatic N) is 1. The molecule has 1 aromatic heterocycles. The van der Waals surface area contributed by atoms with E-state index in [2.05, 4.69) is 79.5 Å². The molecule has 0 aliphatic carbocycles. The Morgan fingerprint density at radius 3 is 2.32 bits per heavy atom. The highest BCUT2D eigenvalue weighted by atomic mass is 79.9. The fraction of sp³-hybridized carbons (Fsp3) is 0.400. The highest BCUT2D eigenvalue weighted by Crippen LogP contribution is 2.32. The molecule has 19 heavy (non-hydrogen) atoms. The third kappa shape index (κ3) is 4.14. The maximum absolute atomic E-state index is 4.61. The van der Waals surface area contributed by atoms with Gasteiger partial charge in [-0.25, -0.2) is 4.98 Å². The van der Waals surface area contributed by atoms with Crippen LogP contribution < -0.4 is 0 Å². The zero-order valence-corrected chi connectivity index (χ0v) is 14.9. The Morgan fingerprint density at radius 2 is 1.79 bits per heavy atom. The standard InChI is InChI=1S/C15H17Br2NS/c1-12-18-14(9-19-12)8-15(10-16,11-17)7-13-5-3-2-4-6-13/h2-6,9H,7-8,10-11H2,1H3. The molecule has 0 saturated heterocycles. The smallest absolute Gasteiger partial charge is 0.0897 e. The Balaban J connectivity index is 2.17. The zero-order valence-electron chi connectivity index (χ0n) is 10.9. The number of aromatic nitrogens is 1. The number of alkyl halides is 2. The Bertz CT molecular complexity index is 506. The van der Waals surface area contributed by atoms with Crippen LogP contribution in [0.2, 0.25) is 0 Å². The molecule has 1 heterocycles. The van der Waals surface area contributed by atoms with Crippen molar-refractivity contribution in [3.8, 4) is 0 Å². The largest absolute Gasteiger partial charge is 0.247 e. The SMILES string of the molecule is Cc1nc(CC(CBr)(CBr)Cc2ccccc2)cs1. The molecule has 102 valence electrons. The summed E-state index contributed by atoms with van der Waals surface area (Å²) in [6, 6.07) is 10.7. The number of hydrogen-bond donors (Lipinski definition) is 0. The van der Waals surface area contributed by atoms with Crippen LogP contribution in [0.5, 0.6) is 0 Å². The van der Waals surface area contributed by atoms with Crippen LogP contribution in [0.1, 0.15) is 16.3 Å². The van der Waals surface area contributed by atoms with E-state index in [0.717, 1.165) is 28.5 Å². The van der Waals surface area contributed by atoms with Crippen LogP contribution in [-0.4, -0.2) is 15.6 Å². The Hall–Kier alpha value is -0.190. The summed E-state index contributed by atoms with van der Waals surface area (Å²) >= 11 is 9.13. The number of thiazole rings is 1. The number of benzene rings is 1. The average molecular weight is 403 g/mol. The van der Waals surface area contributed by atoms with Gasteiger partial charge >= 0.3 is 0 Å². The lowest BCUT2D eigenvalue weighted by atomic mass is 9.81. The Labute approximate surface area is 135 Å². The molecule has 0 saturated carbocycles. The van der Waals surface area contributed by atoms with Crippen molar-refractivity contribution in [2.24, 2.45) is 5.41 Å². The maximum Gasteiger partial charge on any atom is 0.0897 e. The van der Waals surface area contributed by atoms with Gasteiger partial charge in [-0.2, -0.15) is 0 Å². The summed E-state index contributed by atoms with van der Waals surface area (Å²) in [6.07, 6.45) is 2.06. The highest BCUT2D eigenvalue weighted by Gasteiger charge is 2.29. The monoisotopic (exact) mass is 401 g/mol. The molecule has 0 N–H and O–H groups in total. The topological polar surface area (TPSA) is 12.9 Å². The van der Waals surface area contributed by atoms with Crippen LogP contribution in [-0.2, 0) is 12.8 Å². The van der Waals surface area contributed by atoms with Crippen LogP contribution in [0.3, 0.4) is 0 Å². The van der Waals surface area contributed by atoms with Crippen molar-refractivity contribution in [3.63, 3.8) is 0 Å². The number of rotatable bonds is 6.